The molecule has 0 aliphatic carbocycles. The Morgan fingerprint density at radius 3 is 2.29 bits per heavy atom. The minimum Gasteiger partial charge on any atom is -0.323 e. The van der Waals surface area contributed by atoms with Gasteiger partial charge < -0.3 is 5.43 Å². The van der Waals surface area contributed by atoms with Crippen molar-refractivity contribution in [2.24, 2.45) is 11.8 Å². The fraction of sp³-hybridized carbons (Fsp3) is 0.500. The van der Waals surface area contributed by atoms with Gasteiger partial charge >= 0.3 is 6.18 Å². The molecule has 5 nitrogen and oxygen atoms in total. The summed E-state index contributed by atoms with van der Waals surface area (Å²) in [6, 6.07) is 6.02. The van der Waals surface area contributed by atoms with Gasteiger partial charge in [-0.25, -0.2) is 8.42 Å². The molecular weight excluding hydrogens is 307 g/mol. The van der Waals surface area contributed by atoms with Crippen molar-refractivity contribution in [2.75, 3.05) is 18.5 Å². The van der Waals surface area contributed by atoms with Gasteiger partial charge in [-0.05, 0) is 25.0 Å². The number of para-hydroxylation sites is 1. The highest BCUT2D eigenvalue weighted by atomic mass is 32.2. The van der Waals surface area contributed by atoms with Gasteiger partial charge in [0, 0.05) is 13.1 Å². The molecule has 1 aromatic rings. The Balaban J connectivity index is 2.19. The molecule has 1 aliphatic rings. The molecule has 0 amide bonds. The van der Waals surface area contributed by atoms with E-state index < -0.39 is 22.1 Å². The van der Waals surface area contributed by atoms with Crippen LogP contribution in [0.5, 0.6) is 0 Å². The largest absolute Gasteiger partial charge is 0.391 e. The number of nitrogens with zero attached hydrogens (tertiary/aromatic N) is 1. The molecule has 21 heavy (non-hydrogen) atoms. The highest BCUT2D eigenvalue weighted by Crippen LogP contribution is 2.36. The predicted octanol–water partition coefficient (Wildman–Crippen LogP) is 1.94. The lowest BCUT2D eigenvalue weighted by molar-refractivity contribution is -0.182. The molecule has 0 bridgehead atoms. The molecule has 3 N–H and O–H groups in total. The number of sulfonamides is 1. The van der Waals surface area contributed by atoms with Crippen LogP contribution in [0.15, 0.2) is 29.2 Å². The second-order valence-electron chi connectivity index (χ2n) is 4.86. The van der Waals surface area contributed by atoms with Crippen LogP contribution in [0.1, 0.15) is 12.8 Å². The van der Waals surface area contributed by atoms with Crippen molar-refractivity contribution >= 4 is 15.7 Å². The summed E-state index contributed by atoms with van der Waals surface area (Å²) in [5.74, 6) is 3.84. The fourth-order valence-corrected chi connectivity index (χ4v) is 4.00. The molecule has 0 spiro atoms. The third-order valence-corrected chi connectivity index (χ3v) is 5.53. The maximum Gasteiger partial charge on any atom is 0.391 e. The van der Waals surface area contributed by atoms with Crippen LogP contribution in [0, 0.1) is 5.92 Å². The molecule has 0 atom stereocenters. The number of hydrogen-bond acceptors (Lipinski definition) is 4. The average molecular weight is 323 g/mol. The number of rotatable bonds is 3. The van der Waals surface area contributed by atoms with Crippen molar-refractivity contribution in [2.45, 2.75) is 23.9 Å². The zero-order chi connectivity index (χ0) is 15.7. The van der Waals surface area contributed by atoms with E-state index in [9.17, 15) is 21.6 Å². The molecule has 1 fully saturated rings. The molecule has 1 aliphatic heterocycles. The van der Waals surface area contributed by atoms with Crippen molar-refractivity contribution in [1.82, 2.24) is 4.31 Å². The zero-order valence-corrected chi connectivity index (χ0v) is 11.9. The van der Waals surface area contributed by atoms with Crippen molar-refractivity contribution in [3.63, 3.8) is 0 Å². The summed E-state index contributed by atoms with van der Waals surface area (Å²) in [7, 11) is -3.85. The van der Waals surface area contributed by atoms with Gasteiger partial charge in [0.05, 0.1) is 11.6 Å². The molecule has 0 aromatic heterocycles. The number of piperidine rings is 1. The lowest BCUT2D eigenvalue weighted by Crippen LogP contribution is -2.42. The summed E-state index contributed by atoms with van der Waals surface area (Å²) in [5.41, 5.74) is 2.51. The molecular formula is C12H16F3N3O2S. The summed E-state index contributed by atoms with van der Waals surface area (Å²) in [6.07, 6.45) is -4.71. The molecule has 1 saturated heterocycles. The van der Waals surface area contributed by atoms with E-state index in [0.29, 0.717) is 0 Å². The highest BCUT2D eigenvalue weighted by Gasteiger charge is 2.43. The Labute approximate surface area is 120 Å². The van der Waals surface area contributed by atoms with Crippen molar-refractivity contribution in [3.05, 3.63) is 24.3 Å². The molecule has 0 radical (unpaired) electrons. The lowest BCUT2D eigenvalue weighted by Gasteiger charge is -2.32. The van der Waals surface area contributed by atoms with Crippen LogP contribution < -0.4 is 11.3 Å². The maximum absolute atomic E-state index is 12.6. The maximum atomic E-state index is 12.6. The summed E-state index contributed by atoms with van der Waals surface area (Å²) in [6.45, 7) is -0.295. The smallest absolute Gasteiger partial charge is 0.323 e. The number of hydrogen-bond donors (Lipinski definition) is 2. The van der Waals surface area contributed by atoms with Crippen LogP contribution in [0.4, 0.5) is 18.9 Å². The van der Waals surface area contributed by atoms with Gasteiger partial charge in [0.1, 0.15) is 4.90 Å². The van der Waals surface area contributed by atoms with E-state index >= 15 is 0 Å². The van der Waals surface area contributed by atoms with Gasteiger partial charge in [0.25, 0.3) is 0 Å². The first-order chi connectivity index (χ1) is 9.76. The van der Waals surface area contributed by atoms with E-state index in [4.69, 9.17) is 5.84 Å². The van der Waals surface area contributed by atoms with Crippen LogP contribution >= 0.6 is 0 Å². The third-order valence-electron chi connectivity index (χ3n) is 3.58. The van der Waals surface area contributed by atoms with Crippen molar-refractivity contribution in [3.8, 4) is 0 Å². The number of benzene rings is 1. The second kappa shape index (κ2) is 5.82. The Kier molecular flexibility index (Phi) is 4.45. The first kappa shape index (κ1) is 16.1. The zero-order valence-electron chi connectivity index (χ0n) is 11.1. The first-order valence-electron chi connectivity index (χ1n) is 6.39. The first-order valence-corrected chi connectivity index (χ1v) is 7.83. The standard InChI is InChI=1S/C12H16F3N3O2S/c13-12(14,15)9-5-7-18(8-6-9)21(19,20)11-4-2-1-3-10(11)17-16/h1-4,9,17H,5-8,16H2. The molecule has 9 heteroatoms. The minimum atomic E-state index is -4.27. The van der Waals surface area contributed by atoms with Crippen LogP contribution in [-0.4, -0.2) is 32.0 Å². The summed E-state index contributed by atoms with van der Waals surface area (Å²) < 4.78 is 63.9. The quantitative estimate of drug-likeness (QED) is 0.658. The van der Waals surface area contributed by atoms with Gasteiger partial charge in [-0.15, -0.1) is 0 Å². The van der Waals surface area contributed by atoms with Gasteiger partial charge in [-0.1, -0.05) is 12.1 Å². The van der Waals surface area contributed by atoms with Crippen LogP contribution in [0.3, 0.4) is 0 Å². The molecule has 0 saturated carbocycles. The number of anilines is 1. The van der Waals surface area contributed by atoms with E-state index in [2.05, 4.69) is 5.43 Å². The lowest BCUT2D eigenvalue weighted by atomic mass is 9.98. The number of halogens is 3. The molecule has 2 rings (SSSR count). The second-order valence-corrected chi connectivity index (χ2v) is 6.77. The topological polar surface area (TPSA) is 75.4 Å². The molecule has 0 unspecified atom stereocenters. The molecule has 1 heterocycles. The fourth-order valence-electron chi connectivity index (χ4n) is 2.37. The SMILES string of the molecule is NNc1ccccc1S(=O)(=O)N1CCC(C(F)(F)F)CC1. The number of nitrogen functional groups attached to an aromatic ring is 1. The third kappa shape index (κ3) is 3.30. The highest BCUT2D eigenvalue weighted by molar-refractivity contribution is 7.89. The van der Waals surface area contributed by atoms with E-state index in [1.807, 2.05) is 0 Å². The number of nitrogens with two attached hydrogens (primary N) is 1. The van der Waals surface area contributed by atoms with Crippen molar-refractivity contribution in [1.29, 1.82) is 0 Å². The Hall–Kier alpha value is -1.32. The number of alkyl halides is 3. The van der Waals surface area contributed by atoms with E-state index in [0.717, 1.165) is 4.31 Å². The number of nitrogens with one attached hydrogen (secondary N) is 1. The summed E-state index contributed by atoms with van der Waals surface area (Å²) >= 11 is 0. The Morgan fingerprint density at radius 1 is 1.19 bits per heavy atom. The normalized spacial score (nSPS) is 18.7. The van der Waals surface area contributed by atoms with Crippen LogP contribution in [0.2, 0.25) is 0 Å². The van der Waals surface area contributed by atoms with E-state index in [-0.39, 0.29) is 36.5 Å². The number of hydrazine groups is 1. The van der Waals surface area contributed by atoms with Crippen molar-refractivity contribution < 1.29 is 21.6 Å². The average Bonchev–Trinajstić information content (AvgIpc) is 2.46. The molecule has 118 valence electrons. The Bertz CT molecular complexity index is 596. The van der Waals surface area contributed by atoms with Gasteiger partial charge in [0.15, 0.2) is 0 Å². The predicted molar refractivity (Wildman–Crippen MR) is 71.8 cm³/mol. The summed E-state index contributed by atoms with van der Waals surface area (Å²) in [4.78, 5) is -0.0297. The summed E-state index contributed by atoms with van der Waals surface area (Å²) in [5, 5.41) is 0. The van der Waals surface area contributed by atoms with Gasteiger partial charge in [0.2, 0.25) is 10.0 Å². The van der Waals surface area contributed by atoms with Crippen LogP contribution in [0.25, 0.3) is 0 Å². The van der Waals surface area contributed by atoms with Gasteiger partial charge in [-0.3, -0.25) is 5.84 Å². The van der Waals surface area contributed by atoms with Crippen LogP contribution in [-0.2, 0) is 10.0 Å². The Morgan fingerprint density at radius 2 is 1.76 bits per heavy atom. The van der Waals surface area contributed by atoms with E-state index in [1.165, 1.54) is 18.2 Å². The minimum absolute atomic E-state index is 0.0297. The molecule has 1 aromatic carbocycles. The van der Waals surface area contributed by atoms with Gasteiger partial charge in [-0.2, -0.15) is 17.5 Å². The monoisotopic (exact) mass is 323 g/mol. The van der Waals surface area contributed by atoms with E-state index in [1.54, 1.807) is 6.07 Å².